The Morgan fingerprint density at radius 2 is 2.24 bits per heavy atom. The molecule has 0 aliphatic carbocycles. The molecule has 0 aliphatic rings. The van der Waals surface area contributed by atoms with E-state index in [1.807, 2.05) is 13.0 Å². The van der Waals surface area contributed by atoms with Gasteiger partial charge in [0.2, 0.25) is 5.88 Å². The number of carboxylic acids is 1. The minimum Gasteiger partial charge on any atom is -0.481 e. The van der Waals surface area contributed by atoms with Gasteiger partial charge in [0.15, 0.2) is 0 Å². The molecule has 0 spiro atoms. The third-order valence-corrected chi connectivity index (χ3v) is 2.34. The van der Waals surface area contributed by atoms with Crippen LogP contribution in [0, 0.1) is 5.41 Å². The highest BCUT2D eigenvalue weighted by Crippen LogP contribution is 2.17. The molecule has 17 heavy (non-hydrogen) atoms. The quantitative estimate of drug-likeness (QED) is 0.793. The maximum atomic E-state index is 10.9. The molecular weight excluding hydrogens is 220 g/mol. The highest BCUT2D eigenvalue weighted by Gasteiger charge is 2.26. The molecule has 94 valence electrons. The Morgan fingerprint density at radius 3 is 2.71 bits per heavy atom. The third-order valence-electron chi connectivity index (χ3n) is 2.34. The third kappa shape index (κ3) is 3.94. The fourth-order valence-corrected chi connectivity index (χ4v) is 1.12. The van der Waals surface area contributed by atoms with Crippen LogP contribution in [0.2, 0.25) is 0 Å². The summed E-state index contributed by atoms with van der Waals surface area (Å²) >= 11 is 0. The van der Waals surface area contributed by atoms with Crippen molar-refractivity contribution in [3.63, 3.8) is 0 Å². The zero-order valence-corrected chi connectivity index (χ0v) is 10.4. The lowest BCUT2D eigenvalue weighted by Crippen LogP contribution is -2.31. The Kier molecular flexibility index (Phi) is 4.31. The maximum Gasteiger partial charge on any atom is 0.310 e. The molecule has 0 saturated carbocycles. The number of carboxylic acid groups (broad SMARTS) is 1. The van der Waals surface area contributed by atoms with Crippen LogP contribution in [0.4, 0.5) is 5.69 Å². The van der Waals surface area contributed by atoms with Gasteiger partial charge in [-0.3, -0.25) is 4.79 Å². The van der Waals surface area contributed by atoms with Crippen LogP contribution in [0.15, 0.2) is 18.3 Å². The van der Waals surface area contributed by atoms with Gasteiger partial charge in [0.25, 0.3) is 0 Å². The van der Waals surface area contributed by atoms with E-state index in [0.717, 1.165) is 5.69 Å². The van der Waals surface area contributed by atoms with E-state index in [2.05, 4.69) is 10.3 Å². The Balaban J connectivity index is 2.55. The van der Waals surface area contributed by atoms with Crippen molar-refractivity contribution < 1.29 is 14.6 Å². The topological polar surface area (TPSA) is 71.5 Å². The van der Waals surface area contributed by atoms with Gasteiger partial charge in [0.1, 0.15) is 0 Å². The van der Waals surface area contributed by atoms with Crippen molar-refractivity contribution in [2.75, 3.05) is 18.5 Å². The molecule has 1 aromatic rings. The lowest BCUT2D eigenvalue weighted by molar-refractivity contribution is -0.146. The molecule has 1 heterocycles. The van der Waals surface area contributed by atoms with Gasteiger partial charge < -0.3 is 15.2 Å². The van der Waals surface area contributed by atoms with Crippen LogP contribution in [0.25, 0.3) is 0 Å². The number of rotatable bonds is 6. The van der Waals surface area contributed by atoms with Crippen molar-refractivity contribution in [2.45, 2.75) is 20.8 Å². The second-order valence-corrected chi connectivity index (χ2v) is 4.36. The fraction of sp³-hybridized carbons (Fsp3) is 0.500. The molecular formula is C12H18N2O3. The molecule has 0 amide bonds. The molecule has 0 bridgehead atoms. The Hall–Kier alpha value is -1.78. The monoisotopic (exact) mass is 238 g/mol. The molecule has 0 unspecified atom stereocenters. The molecule has 0 aromatic carbocycles. The van der Waals surface area contributed by atoms with Crippen LogP contribution < -0.4 is 10.1 Å². The van der Waals surface area contributed by atoms with Crippen LogP contribution >= 0.6 is 0 Å². The van der Waals surface area contributed by atoms with Crippen LogP contribution in [0.3, 0.4) is 0 Å². The van der Waals surface area contributed by atoms with Crippen LogP contribution in [-0.4, -0.2) is 29.2 Å². The van der Waals surface area contributed by atoms with Crippen molar-refractivity contribution in [3.05, 3.63) is 18.3 Å². The van der Waals surface area contributed by atoms with Crippen molar-refractivity contribution in [1.82, 2.24) is 4.98 Å². The predicted molar refractivity (Wildman–Crippen MR) is 65.3 cm³/mol. The summed E-state index contributed by atoms with van der Waals surface area (Å²) in [6, 6.07) is 3.57. The molecule has 2 N–H and O–H groups in total. The lowest BCUT2D eigenvalue weighted by Gasteiger charge is -2.20. The molecule has 1 rings (SSSR count). The lowest BCUT2D eigenvalue weighted by atomic mass is 9.94. The van der Waals surface area contributed by atoms with Crippen LogP contribution in [0.1, 0.15) is 20.8 Å². The molecule has 5 nitrogen and oxygen atoms in total. The van der Waals surface area contributed by atoms with E-state index >= 15 is 0 Å². The summed E-state index contributed by atoms with van der Waals surface area (Å²) in [7, 11) is 0. The summed E-state index contributed by atoms with van der Waals surface area (Å²) in [5.74, 6) is -0.264. The average Bonchev–Trinajstić information content (AvgIpc) is 2.28. The first kappa shape index (κ1) is 13.3. The molecule has 0 aliphatic heterocycles. The van der Waals surface area contributed by atoms with E-state index in [1.54, 1.807) is 26.1 Å². The van der Waals surface area contributed by atoms with Gasteiger partial charge in [-0.2, -0.15) is 0 Å². The number of hydrogen-bond donors (Lipinski definition) is 2. The average molecular weight is 238 g/mol. The number of anilines is 1. The zero-order valence-electron chi connectivity index (χ0n) is 10.4. The highest BCUT2D eigenvalue weighted by atomic mass is 16.5. The Bertz CT molecular complexity index is 374. The number of nitrogens with one attached hydrogen (secondary N) is 1. The van der Waals surface area contributed by atoms with E-state index in [0.29, 0.717) is 19.0 Å². The van der Waals surface area contributed by atoms with Crippen molar-refractivity contribution in [1.29, 1.82) is 0 Å². The predicted octanol–water partition coefficient (Wildman–Crippen LogP) is 2.00. The van der Waals surface area contributed by atoms with E-state index in [9.17, 15) is 4.79 Å². The number of nitrogens with zero attached hydrogens (tertiary/aromatic N) is 1. The second-order valence-electron chi connectivity index (χ2n) is 4.36. The molecule has 0 radical (unpaired) electrons. The second kappa shape index (κ2) is 5.52. The summed E-state index contributed by atoms with van der Waals surface area (Å²) in [4.78, 5) is 15.0. The maximum absolute atomic E-state index is 10.9. The first-order valence-corrected chi connectivity index (χ1v) is 5.52. The largest absolute Gasteiger partial charge is 0.481 e. The van der Waals surface area contributed by atoms with Gasteiger partial charge in [-0.05, 0) is 26.8 Å². The van der Waals surface area contributed by atoms with E-state index in [-0.39, 0.29) is 0 Å². The van der Waals surface area contributed by atoms with Gasteiger partial charge in [0.05, 0.1) is 23.9 Å². The summed E-state index contributed by atoms with van der Waals surface area (Å²) < 4.78 is 5.21. The van der Waals surface area contributed by atoms with Gasteiger partial charge in [-0.25, -0.2) is 4.98 Å². The van der Waals surface area contributed by atoms with Gasteiger partial charge in [-0.1, -0.05) is 0 Å². The van der Waals surface area contributed by atoms with E-state index < -0.39 is 11.4 Å². The highest BCUT2D eigenvalue weighted by molar-refractivity contribution is 5.74. The Labute approximate surface area is 101 Å². The zero-order chi connectivity index (χ0) is 12.9. The number of aliphatic carboxylic acids is 1. The van der Waals surface area contributed by atoms with Crippen LogP contribution in [-0.2, 0) is 4.79 Å². The Morgan fingerprint density at radius 1 is 1.53 bits per heavy atom. The fourth-order valence-electron chi connectivity index (χ4n) is 1.12. The molecule has 0 atom stereocenters. The summed E-state index contributed by atoms with van der Waals surface area (Å²) in [5.41, 5.74) is -0.0266. The molecule has 0 fully saturated rings. The van der Waals surface area contributed by atoms with E-state index in [1.165, 1.54) is 0 Å². The van der Waals surface area contributed by atoms with Crippen molar-refractivity contribution in [2.24, 2.45) is 5.41 Å². The minimum absolute atomic E-state index is 0.345. The molecule has 5 heteroatoms. The normalized spacial score (nSPS) is 11.0. The minimum atomic E-state index is -0.830. The first-order valence-electron chi connectivity index (χ1n) is 5.52. The smallest absolute Gasteiger partial charge is 0.310 e. The van der Waals surface area contributed by atoms with Crippen LogP contribution in [0.5, 0.6) is 5.88 Å². The number of pyridine rings is 1. The summed E-state index contributed by atoms with van der Waals surface area (Å²) in [6.07, 6.45) is 1.63. The number of hydrogen-bond acceptors (Lipinski definition) is 4. The van der Waals surface area contributed by atoms with Crippen molar-refractivity contribution in [3.8, 4) is 5.88 Å². The number of ether oxygens (including phenoxy) is 1. The molecule has 0 saturated heterocycles. The van der Waals surface area contributed by atoms with E-state index in [4.69, 9.17) is 9.84 Å². The number of aromatic nitrogens is 1. The number of carbonyl (C=O) groups is 1. The summed E-state index contributed by atoms with van der Waals surface area (Å²) in [5, 5.41) is 12.0. The standard InChI is InChI=1S/C12H18N2O3/c1-4-17-10-6-5-9(7-13-10)14-8-12(2,3)11(15)16/h5-7,14H,4,8H2,1-3H3,(H,15,16). The molecule has 1 aromatic heterocycles. The van der Waals surface area contributed by atoms with Crippen molar-refractivity contribution >= 4 is 11.7 Å². The van der Waals surface area contributed by atoms with Gasteiger partial charge in [-0.15, -0.1) is 0 Å². The SMILES string of the molecule is CCOc1ccc(NCC(C)(C)C(=O)O)cn1. The summed E-state index contributed by atoms with van der Waals surface area (Å²) in [6.45, 7) is 6.15. The first-order chi connectivity index (χ1) is 7.95. The van der Waals surface area contributed by atoms with Gasteiger partial charge in [0, 0.05) is 12.6 Å². The van der Waals surface area contributed by atoms with Gasteiger partial charge >= 0.3 is 5.97 Å².